The highest BCUT2D eigenvalue weighted by Gasteiger charge is 2.19. The van der Waals surface area contributed by atoms with Gasteiger partial charge in [0, 0.05) is 26.2 Å². The fourth-order valence-corrected chi connectivity index (χ4v) is 2.63. The first-order chi connectivity index (χ1) is 8.65. The molecule has 98 valence electrons. The van der Waals surface area contributed by atoms with Crippen molar-refractivity contribution in [3.05, 3.63) is 22.7 Å². The third kappa shape index (κ3) is 3.77. The van der Waals surface area contributed by atoms with Gasteiger partial charge in [0.25, 0.3) is 0 Å². The number of hydrogen-bond donors (Lipinski definition) is 0. The Kier molecular flexibility index (Phi) is 4.69. The number of likely N-dealkylation sites (tertiary alicyclic amines) is 1. The molecule has 0 unspecified atom stereocenters. The molecular formula is C13H18BrN3O. The fraction of sp³-hybridized carbons (Fsp3) is 0.615. The van der Waals surface area contributed by atoms with Crippen LogP contribution in [0, 0.1) is 5.92 Å². The Hall–Kier alpha value is -0.970. The van der Waals surface area contributed by atoms with Crippen molar-refractivity contribution in [2.24, 2.45) is 5.92 Å². The predicted molar refractivity (Wildman–Crippen MR) is 73.0 cm³/mol. The molecule has 18 heavy (non-hydrogen) atoms. The van der Waals surface area contributed by atoms with Crippen LogP contribution in [0.25, 0.3) is 0 Å². The summed E-state index contributed by atoms with van der Waals surface area (Å²) in [6.07, 6.45) is 7.87. The summed E-state index contributed by atoms with van der Waals surface area (Å²) in [5.74, 6) is 0.809. The van der Waals surface area contributed by atoms with Crippen molar-refractivity contribution in [2.75, 3.05) is 13.1 Å². The highest BCUT2D eigenvalue weighted by Crippen LogP contribution is 2.21. The first kappa shape index (κ1) is 13.5. The van der Waals surface area contributed by atoms with Gasteiger partial charge in [-0.25, -0.2) is 4.98 Å². The molecule has 1 aliphatic heterocycles. The standard InChI is InChI=1S/C13H18BrN3O/c1-10(18)17-5-2-3-11(4-6-17)7-12-8-16-13(14)9-15-12/h8-9,11H,2-7H2,1H3/t11-/m0/s1. The molecule has 0 bridgehead atoms. The first-order valence-electron chi connectivity index (χ1n) is 6.37. The largest absolute Gasteiger partial charge is 0.343 e. The molecule has 0 N–H and O–H groups in total. The smallest absolute Gasteiger partial charge is 0.219 e. The molecular weight excluding hydrogens is 294 g/mol. The second kappa shape index (κ2) is 6.27. The summed E-state index contributed by atoms with van der Waals surface area (Å²) in [6, 6.07) is 0. The summed E-state index contributed by atoms with van der Waals surface area (Å²) < 4.78 is 0.773. The zero-order valence-corrected chi connectivity index (χ0v) is 12.2. The Bertz CT molecular complexity index is 407. The Labute approximate surface area is 116 Å². The zero-order valence-electron chi connectivity index (χ0n) is 10.6. The van der Waals surface area contributed by atoms with E-state index in [1.54, 1.807) is 13.1 Å². The van der Waals surface area contributed by atoms with Gasteiger partial charge in [-0.1, -0.05) is 0 Å². The van der Waals surface area contributed by atoms with Gasteiger partial charge in [0.05, 0.1) is 11.9 Å². The Morgan fingerprint density at radius 3 is 2.89 bits per heavy atom. The number of aromatic nitrogens is 2. The van der Waals surface area contributed by atoms with Crippen molar-refractivity contribution in [2.45, 2.75) is 32.6 Å². The summed E-state index contributed by atoms with van der Waals surface area (Å²) in [5, 5.41) is 0. The molecule has 0 spiro atoms. The van der Waals surface area contributed by atoms with Gasteiger partial charge in [-0.15, -0.1) is 0 Å². The Morgan fingerprint density at radius 2 is 2.22 bits per heavy atom. The molecule has 1 saturated heterocycles. The summed E-state index contributed by atoms with van der Waals surface area (Å²) in [7, 11) is 0. The van der Waals surface area contributed by atoms with Crippen LogP contribution in [0.2, 0.25) is 0 Å². The van der Waals surface area contributed by atoms with Gasteiger partial charge in [-0.2, -0.15) is 0 Å². The van der Waals surface area contributed by atoms with Gasteiger partial charge in [0.2, 0.25) is 5.91 Å². The number of halogens is 1. The maximum absolute atomic E-state index is 11.4. The number of hydrogen-bond acceptors (Lipinski definition) is 3. The number of amides is 1. The molecule has 2 rings (SSSR count). The van der Waals surface area contributed by atoms with Crippen LogP contribution in [0.3, 0.4) is 0 Å². The molecule has 4 nitrogen and oxygen atoms in total. The first-order valence-corrected chi connectivity index (χ1v) is 7.16. The topological polar surface area (TPSA) is 46.1 Å². The average Bonchev–Trinajstić information content (AvgIpc) is 2.58. The van der Waals surface area contributed by atoms with Crippen LogP contribution >= 0.6 is 15.9 Å². The van der Waals surface area contributed by atoms with E-state index in [2.05, 4.69) is 25.9 Å². The van der Waals surface area contributed by atoms with E-state index in [9.17, 15) is 4.79 Å². The van der Waals surface area contributed by atoms with E-state index in [-0.39, 0.29) is 5.91 Å². The van der Waals surface area contributed by atoms with Crippen molar-refractivity contribution in [1.82, 2.24) is 14.9 Å². The lowest BCUT2D eigenvalue weighted by molar-refractivity contribution is -0.128. The lowest BCUT2D eigenvalue weighted by Crippen LogP contribution is -2.29. The normalized spacial score (nSPS) is 20.6. The number of nitrogens with zero attached hydrogens (tertiary/aromatic N) is 3. The molecule has 1 aromatic heterocycles. The van der Waals surface area contributed by atoms with E-state index in [0.29, 0.717) is 5.92 Å². The molecule has 1 aliphatic rings. The third-order valence-electron chi connectivity index (χ3n) is 3.46. The van der Waals surface area contributed by atoms with Gasteiger partial charge in [0.1, 0.15) is 4.60 Å². The summed E-state index contributed by atoms with van der Waals surface area (Å²) in [6.45, 7) is 3.43. The van der Waals surface area contributed by atoms with Crippen LogP contribution in [-0.4, -0.2) is 33.9 Å². The number of carbonyl (C=O) groups excluding carboxylic acids is 1. The maximum atomic E-state index is 11.4. The van der Waals surface area contributed by atoms with Gasteiger partial charge in [0.15, 0.2) is 0 Å². The van der Waals surface area contributed by atoms with Crippen molar-refractivity contribution < 1.29 is 4.79 Å². The lowest BCUT2D eigenvalue weighted by Gasteiger charge is -2.18. The second-order valence-corrected chi connectivity index (χ2v) is 5.65. The SMILES string of the molecule is CC(=O)N1CCC[C@H](Cc2cnc(Br)cn2)CC1. The minimum atomic E-state index is 0.194. The van der Waals surface area contributed by atoms with Crippen LogP contribution < -0.4 is 0 Å². The molecule has 2 heterocycles. The van der Waals surface area contributed by atoms with E-state index in [4.69, 9.17) is 0 Å². The molecule has 1 atom stereocenters. The van der Waals surface area contributed by atoms with Crippen molar-refractivity contribution in [1.29, 1.82) is 0 Å². The highest BCUT2D eigenvalue weighted by atomic mass is 79.9. The summed E-state index contributed by atoms with van der Waals surface area (Å²) >= 11 is 3.29. The van der Waals surface area contributed by atoms with E-state index in [0.717, 1.165) is 42.6 Å². The second-order valence-electron chi connectivity index (χ2n) is 4.84. The number of rotatable bonds is 2. The van der Waals surface area contributed by atoms with E-state index in [1.165, 1.54) is 6.42 Å². The van der Waals surface area contributed by atoms with E-state index in [1.807, 2.05) is 11.1 Å². The van der Waals surface area contributed by atoms with Crippen molar-refractivity contribution >= 4 is 21.8 Å². The van der Waals surface area contributed by atoms with Crippen LogP contribution in [0.5, 0.6) is 0 Å². The van der Waals surface area contributed by atoms with Crippen LogP contribution in [0.1, 0.15) is 31.9 Å². The highest BCUT2D eigenvalue weighted by molar-refractivity contribution is 9.10. The lowest BCUT2D eigenvalue weighted by atomic mass is 9.95. The fourth-order valence-electron chi connectivity index (χ4n) is 2.42. The number of carbonyl (C=O) groups is 1. The van der Waals surface area contributed by atoms with Crippen molar-refractivity contribution in [3.8, 4) is 0 Å². The average molecular weight is 312 g/mol. The molecule has 1 amide bonds. The van der Waals surface area contributed by atoms with Gasteiger partial charge >= 0.3 is 0 Å². The van der Waals surface area contributed by atoms with Crippen LogP contribution in [0.4, 0.5) is 0 Å². The summed E-state index contributed by atoms with van der Waals surface area (Å²) in [4.78, 5) is 21.9. The van der Waals surface area contributed by atoms with Gasteiger partial charge in [-0.3, -0.25) is 9.78 Å². The zero-order chi connectivity index (χ0) is 13.0. The molecule has 0 aliphatic carbocycles. The van der Waals surface area contributed by atoms with Crippen LogP contribution in [0.15, 0.2) is 17.0 Å². The molecule has 5 heteroatoms. The molecule has 1 fully saturated rings. The Morgan fingerprint density at radius 1 is 1.39 bits per heavy atom. The molecule has 1 aromatic rings. The minimum Gasteiger partial charge on any atom is -0.343 e. The molecule has 0 aromatic carbocycles. The monoisotopic (exact) mass is 311 g/mol. The maximum Gasteiger partial charge on any atom is 0.219 e. The molecule has 0 saturated carbocycles. The quantitative estimate of drug-likeness (QED) is 0.842. The van der Waals surface area contributed by atoms with E-state index < -0.39 is 0 Å². The Balaban J connectivity index is 1.90. The predicted octanol–water partition coefficient (Wildman–Crippen LogP) is 2.43. The third-order valence-corrected chi connectivity index (χ3v) is 3.87. The van der Waals surface area contributed by atoms with Crippen LogP contribution in [-0.2, 0) is 11.2 Å². The summed E-state index contributed by atoms with van der Waals surface area (Å²) in [5.41, 5.74) is 1.04. The van der Waals surface area contributed by atoms with Gasteiger partial charge < -0.3 is 4.90 Å². The van der Waals surface area contributed by atoms with E-state index >= 15 is 0 Å². The minimum absolute atomic E-state index is 0.194. The molecule has 0 radical (unpaired) electrons. The van der Waals surface area contributed by atoms with Gasteiger partial charge in [-0.05, 0) is 47.5 Å². The van der Waals surface area contributed by atoms with Crippen molar-refractivity contribution in [3.63, 3.8) is 0 Å².